The summed E-state index contributed by atoms with van der Waals surface area (Å²) in [7, 11) is 1.53. The fourth-order valence-corrected chi connectivity index (χ4v) is 1.74. The molecule has 2 aromatic rings. The summed E-state index contributed by atoms with van der Waals surface area (Å²) in [4.78, 5) is 11.0. The number of rotatable bonds is 5. The van der Waals surface area contributed by atoms with Gasteiger partial charge >= 0.3 is 0 Å². The minimum Gasteiger partial charge on any atom is -0.497 e. The molecule has 0 radical (unpaired) electrons. The number of nitrogen functional groups attached to an aromatic ring is 1. The van der Waals surface area contributed by atoms with E-state index in [0.717, 1.165) is 6.07 Å². The fraction of sp³-hybridized carbons (Fsp3) is 0.133. The summed E-state index contributed by atoms with van der Waals surface area (Å²) in [5.74, 6) is -0.261. The van der Waals surface area contributed by atoms with Crippen LogP contribution in [0, 0.1) is 5.82 Å². The third-order valence-electron chi connectivity index (χ3n) is 2.94. The molecule has 21 heavy (non-hydrogen) atoms. The van der Waals surface area contributed by atoms with Gasteiger partial charge in [-0.2, -0.15) is 0 Å². The van der Waals surface area contributed by atoms with Gasteiger partial charge in [0.05, 0.1) is 12.8 Å². The third kappa shape index (κ3) is 3.42. The maximum absolute atomic E-state index is 13.8. The van der Waals surface area contributed by atoms with Gasteiger partial charge in [0.15, 0.2) is 0 Å². The number of benzene rings is 2. The lowest BCUT2D eigenvalue weighted by atomic mass is 10.1. The predicted molar refractivity (Wildman–Crippen MR) is 76.7 cm³/mol. The van der Waals surface area contributed by atoms with Gasteiger partial charge in [-0.15, -0.1) is 0 Å². The molecule has 0 heterocycles. The number of carbonyl (C=O) groups excluding carboxylic acids is 1. The van der Waals surface area contributed by atoms with E-state index in [-0.39, 0.29) is 12.2 Å². The van der Waals surface area contributed by atoms with Crippen LogP contribution in [0.25, 0.3) is 0 Å². The molecular formula is C15H15FN2O3. The Bertz CT molecular complexity index is 674. The smallest absolute Gasteiger partial charge is 0.248 e. The van der Waals surface area contributed by atoms with Gasteiger partial charge < -0.3 is 20.9 Å². The van der Waals surface area contributed by atoms with Crippen LogP contribution < -0.4 is 20.9 Å². The third-order valence-corrected chi connectivity index (χ3v) is 2.94. The maximum atomic E-state index is 13.8. The Morgan fingerprint density at radius 3 is 2.62 bits per heavy atom. The Morgan fingerprint density at radius 1 is 1.24 bits per heavy atom. The minimum atomic E-state index is -0.682. The monoisotopic (exact) mass is 290 g/mol. The largest absolute Gasteiger partial charge is 0.497 e. The van der Waals surface area contributed by atoms with Crippen LogP contribution >= 0.6 is 0 Å². The van der Waals surface area contributed by atoms with Crippen LogP contribution in [0.2, 0.25) is 0 Å². The first kappa shape index (κ1) is 14.6. The molecule has 0 saturated carbocycles. The van der Waals surface area contributed by atoms with E-state index in [1.165, 1.54) is 19.2 Å². The first-order valence-corrected chi connectivity index (χ1v) is 6.16. The first-order valence-electron chi connectivity index (χ1n) is 6.16. The Labute approximate surface area is 121 Å². The van der Waals surface area contributed by atoms with Gasteiger partial charge in [0.2, 0.25) is 5.91 Å². The topological polar surface area (TPSA) is 87.6 Å². The Morgan fingerprint density at radius 2 is 2.00 bits per heavy atom. The van der Waals surface area contributed by atoms with E-state index in [1.807, 2.05) is 0 Å². The van der Waals surface area contributed by atoms with Crippen LogP contribution in [0.15, 0.2) is 36.4 Å². The summed E-state index contributed by atoms with van der Waals surface area (Å²) in [6.45, 7) is -0.0256. The fourth-order valence-electron chi connectivity index (χ4n) is 1.74. The number of ether oxygens (including phenoxy) is 2. The molecule has 0 aliphatic carbocycles. The number of amides is 1. The van der Waals surface area contributed by atoms with Crippen LogP contribution in [-0.4, -0.2) is 13.0 Å². The lowest BCUT2D eigenvalue weighted by Gasteiger charge is -2.11. The number of methoxy groups -OCH3 is 1. The quantitative estimate of drug-likeness (QED) is 0.825. The van der Waals surface area contributed by atoms with Crippen molar-refractivity contribution in [1.82, 2.24) is 0 Å². The van der Waals surface area contributed by atoms with Crippen molar-refractivity contribution in [3.63, 3.8) is 0 Å². The van der Waals surface area contributed by atoms with Crippen molar-refractivity contribution in [1.29, 1.82) is 0 Å². The van der Waals surface area contributed by atoms with Gasteiger partial charge in [-0.25, -0.2) is 4.39 Å². The molecule has 2 aromatic carbocycles. The molecule has 6 heteroatoms. The summed E-state index contributed by atoms with van der Waals surface area (Å²) < 4.78 is 24.4. The molecule has 0 spiro atoms. The highest BCUT2D eigenvalue weighted by Gasteiger charge is 2.09. The van der Waals surface area contributed by atoms with Gasteiger partial charge in [-0.05, 0) is 24.3 Å². The number of anilines is 1. The Kier molecular flexibility index (Phi) is 4.27. The number of hydrogen-bond donors (Lipinski definition) is 2. The van der Waals surface area contributed by atoms with Crippen molar-refractivity contribution < 1.29 is 18.7 Å². The highest BCUT2D eigenvalue weighted by molar-refractivity contribution is 5.92. The molecule has 0 unspecified atom stereocenters. The second kappa shape index (κ2) is 6.13. The van der Waals surface area contributed by atoms with E-state index in [2.05, 4.69) is 0 Å². The summed E-state index contributed by atoms with van der Waals surface area (Å²) in [6, 6.07) is 8.93. The number of carbonyl (C=O) groups is 1. The van der Waals surface area contributed by atoms with E-state index in [1.54, 1.807) is 18.2 Å². The number of primary amides is 1. The van der Waals surface area contributed by atoms with Gasteiger partial charge in [0.25, 0.3) is 0 Å². The normalized spacial score (nSPS) is 10.2. The summed E-state index contributed by atoms with van der Waals surface area (Å²) in [5.41, 5.74) is 11.7. The van der Waals surface area contributed by atoms with E-state index in [0.29, 0.717) is 22.7 Å². The van der Waals surface area contributed by atoms with Crippen molar-refractivity contribution in [2.75, 3.05) is 12.8 Å². The van der Waals surface area contributed by atoms with Gasteiger partial charge in [0.1, 0.15) is 23.9 Å². The standard InChI is InChI=1S/C15H15FN2O3/c1-20-11-4-5-13(17)14(7-11)21-8-10-3-2-9(15(18)19)6-12(10)16/h2-7H,8,17H2,1H3,(H2,18,19). The summed E-state index contributed by atoms with van der Waals surface area (Å²) in [6.07, 6.45) is 0. The second-order valence-electron chi connectivity index (χ2n) is 4.36. The summed E-state index contributed by atoms with van der Waals surface area (Å²) in [5, 5.41) is 0. The molecule has 0 fully saturated rings. The molecule has 5 nitrogen and oxygen atoms in total. The van der Waals surface area contributed by atoms with Crippen molar-refractivity contribution in [3.8, 4) is 11.5 Å². The molecule has 1 amide bonds. The number of nitrogens with two attached hydrogens (primary N) is 2. The van der Waals surface area contributed by atoms with Gasteiger partial charge in [-0.1, -0.05) is 6.07 Å². The van der Waals surface area contributed by atoms with Gasteiger partial charge in [-0.3, -0.25) is 4.79 Å². The summed E-state index contributed by atoms with van der Waals surface area (Å²) >= 11 is 0. The minimum absolute atomic E-state index is 0.0256. The van der Waals surface area contributed by atoms with Crippen LogP contribution in [0.1, 0.15) is 15.9 Å². The molecular weight excluding hydrogens is 275 g/mol. The zero-order valence-electron chi connectivity index (χ0n) is 11.4. The number of halogens is 1. The maximum Gasteiger partial charge on any atom is 0.248 e. The van der Waals surface area contributed by atoms with Crippen molar-refractivity contribution >= 4 is 11.6 Å². The first-order chi connectivity index (χ1) is 10.0. The predicted octanol–water partition coefficient (Wildman–Crippen LogP) is 2.09. The molecule has 0 aliphatic rings. The van der Waals surface area contributed by atoms with Crippen molar-refractivity contribution in [2.24, 2.45) is 5.73 Å². The molecule has 0 aliphatic heterocycles. The van der Waals surface area contributed by atoms with E-state index >= 15 is 0 Å². The molecule has 2 rings (SSSR count). The highest BCUT2D eigenvalue weighted by atomic mass is 19.1. The lowest BCUT2D eigenvalue weighted by molar-refractivity contribution is 0.0999. The van der Waals surface area contributed by atoms with Crippen LogP contribution in [-0.2, 0) is 6.61 Å². The molecule has 0 aromatic heterocycles. The zero-order chi connectivity index (χ0) is 15.4. The average Bonchev–Trinajstić information content (AvgIpc) is 2.47. The molecule has 4 N–H and O–H groups in total. The van der Waals surface area contributed by atoms with Gasteiger partial charge in [0, 0.05) is 17.2 Å². The molecule has 0 saturated heterocycles. The van der Waals surface area contributed by atoms with E-state index < -0.39 is 11.7 Å². The zero-order valence-corrected chi connectivity index (χ0v) is 11.4. The lowest BCUT2D eigenvalue weighted by Crippen LogP contribution is -2.12. The molecule has 110 valence electrons. The second-order valence-corrected chi connectivity index (χ2v) is 4.36. The van der Waals surface area contributed by atoms with E-state index in [4.69, 9.17) is 20.9 Å². The SMILES string of the molecule is COc1ccc(N)c(OCc2ccc(C(N)=O)cc2F)c1. The molecule has 0 bridgehead atoms. The Hall–Kier alpha value is -2.76. The van der Waals surface area contributed by atoms with Crippen molar-refractivity contribution in [2.45, 2.75) is 6.61 Å². The van der Waals surface area contributed by atoms with Crippen LogP contribution in [0.3, 0.4) is 0 Å². The van der Waals surface area contributed by atoms with Crippen LogP contribution in [0.4, 0.5) is 10.1 Å². The van der Waals surface area contributed by atoms with Crippen molar-refractivity contribution in [3.05, 3.63) is 53.3 Å². The molecule has 0 atom stereocenters. The number of hydrogen-bond acceptors (Lipinski definition) is 4. The van der Waals surface area contributed by atoms with Crippen LogP contribution in [0.5, 0.6) is 11.5 Å². The van der Waals surface area contributed by atoms with E-state index in [9.17, 15) is 9.18 Å². The Balaban J connectivity index is 2.15. The average molecular weight is 290 g/mol. The highest BCUT2D eigenvalue weighted by Crippen LogP contribution is 2.27.